The van der Waals surface area contributed by atoms with Crippen LogP contribution in [0.2, 0.25) is 0 Å². The van der Waals surface area contributed by atoms with E-state index in [0.29, 0.717) is 0 Å². The number of hydrogen-bond donors (Lipinski definition) is 0. The maximum Gasteiger partial charge on any atom is 0.220 e. The monoisotopic (exact) mass is 647 g/mol. The number of fused-ring (bicyclic) bond motifs is 8. The Morgan fingerprint density at radius 3 is 1.88 bits per heavy atom. The molecule has 10 aromatic rings. The van der Waals surface area contributed by atoms with Gasteiger partial charge in [-0.1, -0.05) is 133 Å². The van der Waals surface area contributed by atoms with Crippen molar-refractivity contribution in [3.05, 3.63) is 176 Å². The van der Waals surface area contributed by atoms with Gasteiger partial charge in [-0.15, -0.1) is 11.3 Å². The van der Waals surface area contributed by atoms with Crippen LogP contribution < -0.4 is 20.7 Å². The van der Waals surface area contributed by atoms with Gasteiger partial charge in [0.2, 0.25) is 5.78 Å². The van der Waals surface area contributed by atoms with E-state index in [-0.39, 0.29) is 0 Å². The van der Waals surface area contributed by atoms with Gasteiger partial charge in [0.25, 0.3) is 0 Å². The van der Waals surface area contributed by atoms with E-state index in [0.717, 1.165) is 33.5 Å². The van der Waals surface area contributed by atoms with Crippen LogP contribution in [0.15, 0.2) is 176 Å². The highest BCUT2D eigenvalue weighted by Crippen LogP contribution is 2.34. The first kappa shape index (κ1) is 27.4. The fourth-order valence-corrected chi connectivity index (χ4v) is 14.5. The quantitative estimate of drug-likeness (QED) is 0.137. The predicted molar refractivity (Wildman–Crippen MR) is 206 cm³/mol. The lowest BCUT2D eigenvalue weighted by atomic mass is 10.1. The Hall–Kier alpha value is -5.75. The van der Waals surface area contributed by atoms with Gasteiger partial charge in [0.15, 0.2) is 8.07 Å². The van der Waals surface area contributed by atoms with Crippen molar-refractivity contribution in [2.45, 2.75) is 0 Å². The molecule has 7 aromatic carbocycles. The van der Waals surface area contributed by atoms with Gasteiger partial charge in [-0.25, -0.2) is 4.98 Å². The second-order valence-electron chi connectivity index (χ2n) is 12.4. The summed E-state index contributed by atoms with van der Waals surface area (Å²) in [5, 5.41) is 8.15. The average Bonchev–Trinajstić information content (AvgIpc) is 3.82. The number of rotatable bonds is 5. The van der Waals surface area contributed by atoms with Crippen molar-refractivity contribution in [1.82, 2.24) is 14.0 Å². The van der Waals surface area contributed by atoms with Gasteiger partial charge >= 0.3 is 0 Å². The molecule has 3 heterocycles. The van der Waals surface area contributed by atoms with Gasteiger partial charge in [0.1, 0.15) is 0 Å². The molecule has 0 N–H and O–H groups in total. The molecule has 0 atom stereocenters. The summed E-state index contributed by atoms with van der Waals surface area (Å²) < 4.78 is 7.34. The summed E-state index contributed by atoms with van der Waals surface area (Å²) in [5.41, 5.74) is 5.52. The Morgan fingerprint density at radius 1 is 0.479 bits per heavy atom. The maximum atomic E-state index is 5.20. The molecule has 3 nitrogen and oxygen atoms in total. The first-order valence-corrected chi connectivity index (χ1v) is 19.1. The molecule has 0 aliphatic rings. The normalized spacial score (nSPS) is 12.2. The largest absolute Gasteiger partial charge is 0.278 e. The van der Waals surface area contributed by atoms with Crippen molar-refractivity contribution in [3.8, 4) is 5.69 Å². The van der Waals surface area contributed by atoms with Crippen LogP contribution in [0.3, 0.4) is 0 Å². The van der Waals surface area contributed by atoms with Gasteiger partial charge in [0.05, 0.1) is 22.1 Å². The lowest BCUT2D eigenvalue weighted by molar-refractivity contribution is 1.11. The van der Waals surface area contributed by atoms with Gasteiger partial charge in [0, 0.05) is 25.9 Å². The van der Waals surface area contributed by atoms with Crippen molar-refractivity contribution >= 4 is 88.2 Å². The average molecular weight is 648 g/mol. The molecule has 0 spiro atoms. The molecule has 0 bridgehead atoms. The fraction of sp³-hybridized carbons (Fsp3) is 0. The molecular weight excluding hydrogens is 619 g/mol. The van der Waals surface area contributed by atoms with E-state index < -0.39 is 8.07 Å². The van der Waals surface area contributed by atoms with Crippen LogP contribution in [0.1, 0.15) is 0 Å². The second kappa shape index (κ2) is 10.6. The van der Waals surface area contributed by atoms with Gasteiger partial charge in [-0.3, -0.25) is 8.97 Å². The van der Waals surface area contributed by atoms with E-state index in [4.69, 9.17) is 4.98 Å². The highest BCUT2D eigenvalue weighted by Gasteiger charge is 2.43. The topological polar surface area (TPSA) is 22.2 Å². The number of nitrogens with zero attached hydrogens (tertiary/aromatic N) is 3. The molecule has 48 heavy (non-hydrogen) atoms. The molecule has 0 aliphatic carbocycles. The third-order valence-electron chi connectivity index (χ3n) is 9.87. The van der Waals surface area contributed by atoms with Crippen LogP contribution in [0, 0.1) is 0 Å². The summed E-state index contributed by atoms with van der Waals surface area (Å²) in [6.07, 6.45) is 0. The molecule has 5 heteroatoms. The summed E-state index contributed by atoms with van der Waals surface area (Å²) in [6, 6.07) is 64.7. The zero-order valence-corrected chi connectivity index (χ0v) is 27.8. The SMILES string of the molecule is c1ccc([Si](c2ccccc2)(c2cccc(-n3c4ccccc4n4c5ccccc5nc34)c2)c2cccc3c2sc2ccccc23)cc1. The van der Waals surface area contributed by atoms with Crippen LogP contribution in [0.4, 0.5) is 0 Å². The van der Waals surface area contributed by atoms with Gasteiger partial charge < -0.3 is 0 Å². The molecule has 0 saturated heterocycles. The standard InChI is InChI=1S/C43H29N3SSi/c1-3-16-31(17-4-1)48(32-18-5-2-6-19-32,41-28-14-22-35-34-21-7-12-27-40(34)47-42(35)41)33-20-13-15-30(29-33)45-38-25-10-11-26-39(38)46-37-24-9-8-23-36(37)44-43(45)46/h1-29H. The smallest absolute Gasteiger partial charge is 0.220 e. The van der Waals surface area contributed by atoms with E-state index in [2.05, 4.69) is 185 Å². The van der Waals surface area contributed by atoms with E-state index >= 15 is 0 Å². The Kier molecular flexibility index (Phi) is 6.07. The number of benzene rings is 7. The first-order chi connectivity index (χ1) is 23.8. The number of thiophene rings is 1. The maximum absolute atomic E-state index is 5.20. The third-order valence-corrected chi connectivity index (χ3v) is 16.1. The minimum absolute atomic E-state index is 0.924. The van der Waals surface area contributed by atoms with Crippen LogP contribution in [-0.4, -0.2) is 22.0 Å². The fourth-order valence-electron chi connectivity index (χ4n) is 7.87. The van der Waals surface area contributed by atoms with Crippen molar-refractivity contribution in [2.24, 2.45) is 0 Å². The first-order valence-electron chi connectivity index (χ1n) is 16.3. The highest BCUT2D eigenvalue weighted by molar-refractivity contribution is 7.30. The zero-order valence-electron chi connectivity index (χ0n) is 26.0. The Labute approximate surface area is 282 Å². The molecule has 0 aliphatic heterocycles. The number of hydrogen-bond acceptors (Lipinski definition) is 2. The van der Waals surface area contributed by atoms with Crippen LogP contribution in [-0.2, 0) is 0 Å². The minimum Gasteiger partial charge on any atom is -0.278 e. The molecule has 0 amide bonds. The lowest BCUT2D eigenvalue weighted by Gasteiger charge is -2.35. The van der Waals surface area contributed by atoms with E-state index in [1.165, 1.54) is 40.9 Å². The van der Waals surface area contributed by atoms with Crippen molar-refractivity contribution in [2.75, 3.05) is 0 Å². The summed E-state index contributed by atoms with van der Waals surface area (Å²) in [6.45, 7) is 0. The lowest BCUT2D eigenvalue weighted by Crippen LogP contribution is -2.74. The molecule has 0 radical (unpaired) electrons. The molecular formula is C43H29N3SSi. The van der Waals surface area contributed by atoms with E-state index in [1.54, 1.807) is 0 Å². The number of imidazole rings is 2. The molecule has 10 rings (SSSR count). The molecule has 226 valence electrons. The highest BCUT2D eigenvalue weighted by atomic mass is 32.1. The molecule has 3 aromatic heterocycles. The number of aromatic nitrogens is 3. The molecule has 0 fully saturated rings. The van der Waals surface area contributed by atoms with Crippen LogP contribution in [0.5, 0.6) is 0 Å². The predicted octanol–water partition coefficient (Wildman–Crippen LogP) is 8.18. The minimum atomic E-state index is -2.87. The van der Waals surface area contributed by atoms with Crippen molar-refractivity contribution in [1.29, 1.82) is 0 Å². The van der Waals surface area contributed by atoms with Gasteiger partial charge in [-0.2, -0.15) is 0 Å². The summed E-state index contributed by atoms with van der Waals surface area (Å²) in [7, 11) is -2.87. The number of para-hydroxylation sites is 4. The second-order valence-corrected chi connectivity index (χ2v) is 17.2. The van der Waals surface area contributed by atoms with E-state index in [9.17, 15) is 0 Å². The van der Waals surface area contributed by atoms with Crippen LogP contribution in [0.25, 0.3) is 53.7 Å². The summed E-state index contributed by atoms with van der Waals surface area (Å²) >= 11 is 1.92. The molecule has 0 unspecified atom stereocenters. The Morgan fingerprint density at radius 2 is 1.08 bits per heavy atom. The van der Waals surface area contributed by atoms with Crippen LogP contribution >= 0.6 is 11.3 Å². The Balaban J connectivity index is 1.34. The third kappa shape index (κ3) is 3.83. The van der Waals surface area contributed by atoms with Crippen molar-refractivity contribution in [3.63, 3.8) is 0 Å². The van der Waals surface area contributed by atoms with E-state index in [1.807, 2.05) is 11.3 Å². The Bertz CT molecular complexity index is 2750. The zero-order chi connectivity index (χ0) is 31.7. The van der Waals surface area contributed by atoms with Gasteiger partial charge in [-0.05, 0) is 63.2 Å². The van der Waals surface area contributed by atoms with Crippen molar-refractivity contribution < 1.29 is 0 Å². The summed E-state index contributed by atoms with van der Waals surface area (Å²) in [4.78, 5) is 5.20. The summed E-state index contributed by atoms with van der Waals surface area (Å²) in [5.74, 6) is 0.924. The molecule has 0 saturated carbocycles.